The fraction of sp³-hybridized carbons (Fsp3) is 0.385. The van der Waals surface area contributed by atoms with Gasteiger partial charge in [-0.3, -0.25) is 4.79 Å². The van der Waals surface area contributed by atoms with Gasteiger partial charge in [0.2, 0.25) is 0 Å². The Bertz CT molecular complexity index is 464. The third-order valence-corrected chi connectivity index (χ3v) is 3.44. The Labute approximate surface area is 123 Å². The molecule has 3 N–H and O–H groups in total. The quantitative estimate of drug-likeness (QED) is 0.458. The van der Waals surface area contributed by atoms with Gasteiger partial charge in [0.1, 0.15) is 11.5 Å². The molecule has 0 fully saturated rings. The second-order valence-electron chi connectivity index (χ2n) is 3.63. The first-order chi connectivity index (χ1) is 9.10. The second-order valence-corrected chi connectivity index (χ2v) is 5.38. The van der Waals surface area contributed by atoms with E-state index in [-0.39, 0.29) is 12.5 Å². The van der Waals surface area contributed by atoms with Crippen LogP contribution in [0.4, 0.5) is 5.69 Å². The van der Waals surface area contributed by atoms with Crippen LogP contribution in [-0.4, -0.2) is 29.9 Å². The normalized spacial score (nSPS) is 10.0. The number of nitrogens with two attached hydrogens (primary N) is 1. The van der Waals surface area contributed by atoms with E-state index in [1.54, 1.807) is 18.7 Å². The Hall–Kier alpha value is -1.27. The van der Waals surface area contributed by atoms with Crippen molar-refractivity contribution in [2.75, 3.05) is 24.2 Å². The third-order valence-electron chi connectivity index (χ3n) is 2.30. The van der Waals surface area contributed by atoms with Crippen molar-refractivity contribution < 1.29 is 9.53 Å². The highest BCUT2D eigenvalue weighted by Crippen LogP contribution is 2.28. The minimum absolute atomic E-state index is 0.101. The maximum atomic E-state index is 11.4. The monoisotopic (exact) mass is 298 g/mol. The lowest BCUT2D eigenvalue weighted by molar-refractivity contribution is -0.140. The van der Waals surface area contributed by atoms with Crippen molar-refractivity contribution >= 4 is 40.6 Å². The van der Waals surface area contributed by atoms with Crippen LogP contribution in [0.25, 0.3) is 0 Å². The predicted molar refractivity (Wildman–Crippen MR) is 83.9 cm³/mol. The summed E-state index contributed by atoms with van der Waals surface area (Å²) in [7, 11) is 0. The molecule has 0 aliphatic carbocycles. The molecule has 0 saturated carbocycles. The van der Waals surface area contributed by atoms with Gasteiger partial charge >= 0.3 is 5.97 Å². The Balaban J connectivity index is 2.90. The average Bonchev–Trinajstić information content (AvgIpc) is 2.37. The number of thioether (sulfide) groups is 1. The Kier molecular flexibility index (Phi) is 6.66. The summed E-state index contributed by atoms with van der Waals surface area (Å²) in [4.78, 5) is 12.7. The number of benzene rings is 1. The van der Waals surface area contributed by atoms with Crippen LogP contribution in [-0.2, 0) is 9.53 Å². The zero-order valence-corrected chi connectivity index (χ0v) is 12.7. The Morgan fingerprint density at radius 2 is 2.21 bits per heavy atom. The molecule has 6 heteroatoms. The zero-order valence-electron chi connectivity index (χ0n) is 11.1. The third kappa shape index (κ3) is 4.72. The molecule has 0 unspecified atom stereocenters. The Morgan fingerprint density at radius 1 is 1.47 bits per heavy atom. The van der Waals surface area contributed by atoms with Gasteiger partial charge in [-0.1, -0.05) is 25.2 Å². The first kappa shape index (κ1) is 15.8. The van der Waals surface area contributed by atoms with Gasteiger partial charge in [-0.25, -0.2) is 0 Å². The molecule has 0 atom stereocenters. The van der Waals surface area contributed by atoms with E-state index < -0.39 is 0 Å². The summed E-state index contributed by atoms with van der Waals surface area (Å²) in [6, 6.07) is 5.74. The molecule has 1 rings (SSSR count). The van der Waals surface area contributed by atoms with Crippen LogP contribution in [0.3, 0.4) is 0 Å². The van der Waals surface area contributed by atoms with Gasteiger partial charge < -0.3 is 15.8 Å². The number of nitrogens with one attached hydrogen (secondary N) is 1. The van der Waals surface area contributed by atoms with Crippen molar-refractivity contribution in [3.8, 4) is 0 Å². The number of esters is 1. The summed E-state index contributed by atoms with van der Waals surface area (Å²) in [6.45, 7) is 4.31. The minimum atomic E-state index is -0.301. The molecule has 0 aliphatic heterocycles. The van der Waals surface area contributed by atoms with Crippen molar-refractivity contribution in [3.63, 3.8) is 0 Å². The van der Waals surface area contributed by atoms with Crippen molar-refractivity contribution in [1.29, 1.82) is 0 Å². The van der Waals surface area contributed by atoms with E-state index in [4.69, 9.17) is 22.7 Å². The van der Waals surface area contributed by atoms with Crippen molar-refractivity contribution in [3.05, 3.63) is 23.8 Å². The van der Waals surface area contributed by atoms with Crippen LogP contribution in [0.15, 0.2) is 23.1 Å². The summed E-state index contributed by atoms with van der Waals surface area (Å²) >= 11 is 6.76. The van der Waals surface area contributed by atoms with Crippen LogP contribution in [0.1, 0.15) is 19.4 Å². The predicted octanol–water partition coefficient (Wildman–Crippen LogP) is 2.41. The van der Waals surface area contributed by atoms with E-state index in [2.05, 4.69) is 12.2 Å². The van der Waals surface area contributed by atoms with Crippen LogP contribution in [0.5, 0.6) is 0 Å². The maximum absolute atomic E-state index is 11.4. The first-order valence-electron chi connectivity index (χ1n) is 6.05. The van der Waals surface area contributed by atoms with Crippen LogP contribution >= 0.6 is 24.0 Å². The smallest absolute Gasteiger partial charge is 0.325 e. The minimum Gasteiger partial charge on any atom is -0.465 e. The number of carbonyl (C=O) groups is 1. The van der Waals surface area contributed by atoms with E-state index in [0.29, 0.717) is 11.6 Å². The number of hydrogen-bond acceptors (Lipinski definition) is 5. The van der Waals surface area contributed by atoms with E-state index in [1.807, 2.05) is 18.2 Å². The molecule has 0 aromatic heterocycles. The fourth-order valence-electron chi connectivity index (χ4n) is 1.59. The number of hydrogen-bond donors (Lipinski definition) is 2. The molecule has 0 spiro atoms. The van der Waals surface area contributed by atoms with E-state index in [1.165, 1.54) is 0 Å². The molecule has 0 aliphatic rings. The summed E-state index contributed by atoms with van der Waals surface area (Å²) in [5, 5.41) is 3.02. The number of ether oxygens (including phenoxy) is 1. The topological polar surface area (TPSA) is 64.3 Å². The summed E-state index contributed by atoms with van der Waals surface area (Å²) < 4.78 is 4.87. The molecule has 1 aromatic carbocycles. The lowest BCUT2D eigenvalue weighted by Gasteiger charge is -2.14. The molecule has 4 nitrogen and oxygen atoms in total. The molecule has 19 heavy (non-hydrogen) atoms. The Morgan fingerprint density at radius 3 is 2.79 bits per heavy atom. The first-order valence-corrected chi connectivity index (χ1v) is 7.44. The molecule has 0 saturated heterocycles. The summed E-state index contributed by atoms with van der Waals surface area (Å²) in [6.07, 6.45) is 0. The van der Waals surface area contributed by atoms with Crippen molar-refractivity contribution in [1.82, 2.24) is 0 Å². The van der Waals surface area contributed by atoms with Gasteiger partial charge in [0.25, 0.3) is 0 Å². The molecule has 104 valence electrons. The number of carbonyl (C=O) groups excluding carboxylic acids is 1. The van der Waals surface area contributed by atoms with E-state index >= 15 is 0 Å². The molecule has 0 amide bonds. The number of thiocarbonyl (C=S) groups is 1. The van der Waals surface area contributed by atoms with Gasteiger partial charge in [-0.15, -0.1) is 11.8 Å². The SMILES string of the molecule is CCOC(=O)CNc1cccc(SCC)c1C(N)=S. The highest BCUT2D eigenvalue weighted by Gasteiger charge is 2.12. The number of rotatable bonds is 7. The highest BCUT2D eigenvalue weighted by molar-refractivity contribution is 7.99. The molecular formula is C13H18N2O2S2. The maximum Gasteiger partial charge on any atom is 0.325 e. The van der Waals surface area contributed by atoms with E-state index in [0.717, 1.165) is 21.9 Å². The summed E-state index contributed by atoms with van der Waals surface area (Å²) in [5.74, 6) is 0.627. The standard InChI is InChI=1S/C13H18N2O2S2/c1-3-17-11(16)8-15-9-6-5-7-10(19-4-2)12(9)13(14)18/h5-7,15H,3-4,8H2,1-2H3,(H2,14,18). The lowest BCUT2D eigenvalue weighted by Crippen LogP contribution is -2.20. The van der Waals surface area contributed by atoms with Gasteiger partial charge in [0, 0.05) is 16.1 Å². The molecule has 0 radical (unpaired) electrons. The second kappa shape index (κ2) is 8.01. The average molecular weight is 298 g/mol. The molecular weight excluding hydrogens is 280 g/mol. The van der Waals surface area contributed by atoms with Crippen LogP contribution in [0.2, 0.25) is 0 Å². The molecule has 0 heterocycles. The molecule has 1 aromatic rings. The van der Waals surface area contributed by atoms with Gasteiger partial charge in [0.05, 0.1) is 6.61 Å². The lowest BCUT2D eigenvalue weighted by atomic mass is 10.1. The van der Waals surface area contributed by atoms with Gasteiger partial charge in [0.15, 0.2) is 0 Å². The van der Waals surface area contributed by atoms with Crippen LogP contribution < -0.4 is 11.1 Å². The van der Waals surface area contributed by atoms with Crippen molar-refractivity contribution in [2.24, 2.45) is 5.73 Å². The fourth-order valence-corrected chi connectivity index (χ4v) is 2.72. The highest BCUT2D eigenvalue weighted by atomic mass is 32.2. The van der Waals surface area contributed by atoms with Crippen molar-refractivity contribution in [2.45, 2.75) is 18.7 Å². The number of anilines is 1. The molecule has 0 bridgehead atoms. The largest absolute Gasteiger partial charge is 0.465 e. The van der Waals surface area contributed by atoms with E-state index in [9.17, 15) is 4.79 Å². The van der Waals surface area contributed by atoms with Gasteiger partial charge in [-0.05, 0) is 24.8 Å². The van der Waals surface area contributed by atoms with Crippen LogP contribution in [0, 0.1) is 0 Å². The zero-order chi connectivity index (χ0) is 14.3. The van der Waals surface area contributed by atoms with Gasteiger partial charge in [-0.2, -0.15) is 0 Å². The summed E-state index contributed by atoms with van der Waals surface area (Å²) in [5.41, 5.74) is 7.32.